The molecule has 6 nitrogen and oxygen atoms in total. The Kier molecular flexibility index (Phi) is 3.34. The van der Waals surface area contributed by atoms with Crippen molar-refractivity contribution in [3.63, 3.8) is 0 Å². The first kappa shape index (κ1) is 12.7. The largest absolute Gasteiger partial charge is 0.489 e. The number of piperazine rings is 1. The predicted molar refractivity (Wildman–Crippen MR) is 72.6 cm³/mol. The smallest absolute Gasteiger partial charge is 0.304 e. The molecule has 0 aromatic heterocycles. The van der Waals surface area contributed by atoms with E-state index in [1.54, 1.807) is 12.1 Å². The van der Waals surface area contributed by atoms with Crippen LogP contribution in [-0.2, 0) is 10.2 Å². The number of hydrogen-bond donors (Lipinski definition) is 1. The fourth-order valence-electron chi connectivity index (χ4n) is 2.40. The molecule has 0 unspecified atom stereocenters. The highest BCUT2D eigenvalue weighted by Crippen LogP contribution is 2.33. The van der Waals surface area contributed by atoms with E-state index in [0.717, 1.165) is 0 Å². The third-order valence-corrected chi connectivity index (χ3v) is 5.32. The van der Waals surface area contributed by atoms with Crippen LogP contribution in [0.3, 0.4) is 0 Å². The van der Waals surface area contributed by atoms with Gasteiger partial charge in [-0.25, -0.2) is 0 Å². The van der Waals surface area contributed by atoms with Crippen LogP contribution < -0.4 is 14.4 Å². The minimum Gasteiger partial charge on any atom is -0.489 e. The van der Waals surface area contributed by atoms with Crippen molar-refractivity contribution < 1.29 is 13.2 Å². The van der Waals surface area contributed by atoms with Gasteiger partial charge in [-0.15, -0.1) is 0 Å². The zero-order valence-electron chi connectivity index (χ0n) is 10.6. The molecule has 2 aliphatic rings. The van der Waals surface area contributed by atoms with Crippen molar-refractivity contribution in [2.75, 3.05) is 43.6 Å². The topological polar surface area (TPSA) is 61.9 Å². The summed E-state index contributed by atoms with van der Waals surface area (Å²) < 4.78 is 33.8. The molecule has 0 atom stereocenters. The first-order chi connectivity index (χ1) is 9.19. The van der Waals surface area contributed by atoms with Crippen LogP contribution >= 0.6 is 0 Å². The number of ether oxygens (including phenoxy) is 1. The van der Waals surface area contributed by atoms with Crippen LogP contribution in [-0.4, -0.2) is 52.1 Å². The molecule has 1 saturated heterocycles. The second kappa shape index (κ2) is 4.99. The van der Waals surface area contributed by atoms with E-state index in [0.29, 0.717) is 50.8 Å². The van der Waals surface area contributed by atoms with Gasteiger partial charge in [-0.1, -0.05) is 12.1 Å². The maximum absolute atomic E-state index is 12.7. The van der Waals surface area contributed by atoms with Crippen molar-refractivity contribution in [3.8, 4) is 5.75 Å². The van der Waals surface area contributed by atoms with Crippen molar-refractivity contribution >= 4 is 15.9 Å². The molecule has 2 heterocycles. The van der Waals surface area contributed by atoms with Gasteiger partial charge in [-0.2, -0.15) is 12.7 Å². The van der Waals surface area contributed by atoms with Crippen LogP contribution in [0.5, 0.6) is 5.75 Å². The number of nitrogens with zero attached hydrogens (tertiary/aromatic N) is 2. The Bertz CT molecular complexity index is 555. The second-order valence-electron chi connectivity index (χ2n) is 4.55. The van der Waals surface area contributed by atoms with E-state index in [-0.39, 0.29) is 0 Å². The van der Waals surface area contributed by atoms with Crippen molar-refractivity contribution in [1.29, 1.82) is 0 Å². The summed E-state index contributed by atoms with van der Waals surface area (Å²) in [7, 11) is -3.45. The Labute approximate surface area is 113 Å². The molecule has 1 N–H and O–H groups in total. The van der Waals surface area contributed by atoms with Crippen LogP contribution in [0.2, 0.25) is 0 Å². The number of benzene rings is 1. The lowest BCUT2D eigenvalue weighted by molar-refractivity contribution is 0.310. The molecule has 1 fully saturated rings. The molecule has 0 aliphatic carbocycles. The van der Waals surface area contributed by atoms with Gasteiger partial charge >= 0.3 is 10.2 Å². The molecule has 2 aliphatic heterocycles. The van der Waals surface area contributed by atoms with Gasteiger partial charge in [0.15, 0.2) is 0 Å². The van der Waals surface area contributed by atoms with Gasteiger partial charge in [0, 0.05) is 26.2 Å². The first-order valence-corrected chi connectivity index (χ1v) is 7.79. The van der Waals surface area contributed by atoms with Crippen molar-refractivity contribution in [3.05, 3.63) is 24.3 Å². The molecule has 7 heteroatoms. The maximum Gasteiger partial charge on any atom is 0.304 e. The van der Waals surface area contributed by atoms with Gasteiger partial charge in [0.25, 0.3) is 0 Å². The summed E-state index contributed by atoms with van der Waals surface area (Å²) in [5, 5.41) is 3.16. The highest BCUT2D eigenvalue weighted by atomic mass is 32.2. The number of hydrogen-bond acceptors (Lipinski definition) is 4. The lowest BCUT2D eigenvalue weighted by atomic mass is 10.2. The highest BCUT2D eigenvalue weighted by Gasteiger charge is 2.33. The van der Waals surface area contributed by atoms with Gasteiger partial charge in [0.2, 0.25) is 0 Å². The average Bonchev–Trinajstić information content (AvgIpc) is 2.47. The Morgan fingerprint density at radius 2 is 1.84 bits per heavy atom. The Balaban J connectivity index is 1.94. The third kappa shape index (κ3) is 2.29. The molecular formula is C12H17N3O3S. The van der Waals surface area contributed by atoms with Crippen LogP contribution in [0.4, 0.5) is 5.69 Å². The van der Waals surface area contributed by atoms with E-state index in [4.69, 9.17) is 4.74 Å². The normalized spacial score (nSPS) is 20.7. The summed E-state index contributed by atoms with van der Waals surface area (Å²) >= 11 is 0. The lowest BCUT2D eigenvalue weighted by Gasteiger charge is -2.36. The first-order valence-electron chi connectivity index (χ1n) is 6.40. The van der Waals surface area contributed by atoms with E-state index in [2.05, 4.69) is 5.32 Å². The van der Waals surface area contributed by atoms with E-state index in [9.17, 15) is 8.42 Å². The highest BCUT2D eigenvalue weighted by molar-refractivity contribution is 7.90. The quantitative estimate of drug-likeness (QED) is 0.832. The lowest BCUT2D eigenvalue weighted by Crippen LogP contribution is -2.53. The summed E-state index contributed by atoms with van der Waals surface area (Å²) in [6.45, 7) is 3.19. The van der Waals surface area contributed by atoms with Gasteiger partial charge in [-0.05, 0) is 12.1 Å². The zero-order chi connectivity index (χ0) is 13.3. The van der Waals surface area contributed by atoms with Crippen molar-refractivity contribution in [2.24, 2.45) is 0 Å². The van der Waals surface area contributed by atoms with Gasteiger partial charge in [0.05, 0.1) is 12.2 Å². The Morgan fingerprint density at radius 1 is 1.11 bits per heavy atom. The van der Waals surface area contributed by atoms with E-state index in [1.165, 1.54) is 8.61 Å². The molecule has 1 aromatic rings. The summed E-state index contributed by atoms with van der Waals surface area (Å²) in [6.07, 6.45) is 0. The molecular weight excluding hydrogens is 266 g/mol. The van der Waals surface area contributed by atoms with E-state index >= 15 is 0 Å². The molecule has 104 valence electrons. The van der Waals surface area contributed by atoms with Gasteiger partial charge in [0.1, 0.15) is 12.4 Å². The molecule has 0 spiro atoms. The second-order valence-corrected chi connectivity index (χ2v) is 6.40. The Hall–Kier alpha value is -1.31. The molecule has 0 amide bonds. The minimum absolute atomic E-state index is 0.364. The number of fused-ring (bicyclic) bond motifs is 1. The van der Waals surface area contributed by atoms with Gasteiger partial charge in [-0.3, -0.25) is 4.31 Å². The van der Waals surface area contributed by atoms with Crippen LogP contribution in [0.1, 0.15) is 0 Å². The van der Waals surface area contributed by atoms with Crippen LogP contribution in [0, 0.1) is 0 Å². The molecule has 0 bridgehead atoms. The summed E-state index contributed by atoms with van der Waals surface area (Å²) in [6, 6.07) is 7.26. The van der Waals surface area contributed by atoms with Crippen molar-refractivity contribution in [2.45, 2.75) is 0 Å². The van der Waals surface area contributed by atoms with Crippen molar-refractivity contribution in [1.82, 2.24) is 9.62 Å². The van der Waals surface area contributed by atoms with E-state index in [1.807, 2.05) is 12.1 Å². The number of rotatable bonds is 2. The Morgan fingerprint density at radius 3 is 2.63 bits per heavy atom. The molecule has 3 rings (SSSR count). The zero-order valence-corrected chi connectivity index (χ0v) is 11.4. The van der Waals surface area contributed by atoms with E-state index < -0.39 is 10.2 Å². The summed E-state index contributed by atoms with van der Waals surface area (Å²) in [5.74, 6) is 0.632. The maximum atomic E-state index is 12.7. The minimum atomic E-state index is -3.45. The van der Waals surface area contributed by atoms with Gasteiger partial charge < -0.3 is 10.1 Å². The fraction of sp³-hybridized carbons (Fsp3) is 0.500. The van der Waals surface area contributed by atoms with Crippen LogP contribution in [0.15, 0.2) is 24.3 Å². The SMILES string of the molecule is O=S(=O)(N1CCNCC1)N1CCOc2ccccc21. The molecule has 1 aromatic carbocycles. The number of anilines is 1. The predicted octanol–water partition coefficient (Wildman–Crippen LogP) is 0.0354. The standard InChI is InChI=1S/C12H17N3O3S/c16-19(17,14-7-5-13-6-8-14)15-9-10-18-12-4-2-1-3-11(12)15/h1-4,13H,5-10H2. The summed E-state index contributed by atoms with van der Waals surface area (Å²) in [4.78, 5) is 0. The fourth-order valence-corrected chi connectivity index (χ4v) is 4.03. The number of para-hydroxylation sites is 2. The molecule has 0 saturated carbocycles. The summed E-state index contributed by atoms with van der Waals surface area (Å²) in [5.41, 5.74) is 0.632. The average molecular weight is 283 g/mol. The number of nitrogens with one attached hydrogen (secondary N) is 1. The molecule has 0 radical (unpaired) electrons. The van der Waals surface area contributed by atoms with Crippen LogP contribution in [0.25, 0.3) is 0 Å². The third-order valence-electron chi connectivity index (χ3n) is 3.37. The molecule has 19 heavy (non-hydrogen) atoms. The monoisotopic (exact) mass is 283 g/mol.